The number of aromatic nitrogens is 1. The third-order valence-corrected chi connectivity index (χ3v) is 4.80. The normalized spacial score (nSPS) is 11.6. The molecule has 31 heavy (non-hydrogen) atoms. The Bertz CT molecular complexity index is 1290. The van der Waals surface area contributed by atoms with Crippen LogP contribution < -0.4 is 14.6 Å². The highest BCUT2D eigenvalue weighted by Crippen LogP contribution is 2.30. The number of rotatable bonds is 7. The fourth-order valence-electron chi connectivity index (χ4n) is 3.19. The smallest absolute Gasteiger partial charge is 0.181 e. The second-order valence-corrected chi connectivity index (χ2v) is 6.89. The van der Waals surface area contributed by atoms with Crippen LogP contribution in [-0.4, -0.2) is 11.0 Å². The molecule has 0 N–H and O–H groups in total. The van der Waals surface area contributed by atoms with Gasteiger partial charge in [0.2, 0.25) is 0 Å². The highest BCUT2D eigenvalue weighted by molar-refractivity contribution is 5.74. The van der Waals surface area contributed by atoms with E-state index < -0.39 is 12.1 Å². The standard InChI is InChI=1S/C24H18N2O5/c1-15-4-2-3-5-19(15)23(24(27)28)31-22-11-18(8-7-17(22)12-25)29-13-16-6-9-21-20(10-16)26-14-30-21/h2-11,14,23H,13H2,1H3,(H,27,28)/p-1. The predicted octanol–water partition coefficient (Wildman–Crippen LogP) is 3.46. The number of hydrogen-bond donors (Lipinski definition) is 0. The lowest BCUT2D eigenvalue weighted by atomic mass is 10.0. The number of carbonyl (C=O) groups excluding carboxylic acids is 1. The molecule has 1 aromatic heterocycles. The van der Waals surface area contributed by atoms with Gasteiger partial charge in [-0.05, 0) is 42.3 Å². The van der Waals surface area contributed by atoms with Gasteiger partial charge in [-0.2, -0.15) is 5.26 Å². The number of carbonyl (C=O) groups is 1. The lowest BCUT2D eigenvalue weighted by molar-refractivity contribution is -0.314. The molecule has 7 nitrogen and oxygen atoms in total. The van der Waals surface area contributed by atoms with Crippen molar-refractivity contribution in [2.45, 2.75) is 19.6 Å². The fourth-order valence-corrected chi connectivity index (χ4v) is 3.19. The van der Waals surface area contributed by atoms with Gasteiger partial charge in [0.25, 0.3) is 0 Å². The number of carboxylic acid groups (broad SMARTS) is 1. The molecule has 0 saturated heterocycles. The van der Waals surface area contributed by atoms with Crippen LogP contribution >= 0.6 is 0 Å². The van der Waals surface area contributed by atoms with E-state index in [4.69, 9.17) is 13.9 Å². The van der Waals surface area contributed by atoms with Crippen LogP contribution in [0, 0.1) is 18.3 Å². The minimum atomic E-state index is -1.40. The monoisotopic (exact) mass is 413 g/mol. The number of hydrogen-bond acceptors (Lipinski definition) is 7. The van der Waals surface area contributed by atoms with E-state index in [9.17, 15) is 15.2 Å². The molecule has 1 atom stereocenters. The van der Waals surface area contributed by atoms with Crippen molar-refractivity contribution in [2.75, 3.05) is 0 Å². The second kappa shape index (κ2) is 8.59. The molecule has 7 heteroatoms. The molecule has 4 rings (SSSR count). The molecule has 154 valence electrons. The first kappa shape index (κ1) is 20.0. The Kier molecular flexibility index (Phi) is 5.54. The van der Waals surface area contributed by atoms with E-state index in [1.807, 2.05) is 18.2 Å². The molecule has 0 amide bonds. The van der Waals surface area contributed by atoms with Gasteiger partial charge >= 0.3 is 0 Å². The zero-order valence-corrected chi connectivity index (χ0v) is 16.6. The Balaban J connectivity index is 1.57. The lowest BCUT2D eigenvalue weighted by Gasteiger charge is -2.23. The van der Waals surface area contributed by atoms with Gasteiger partial charge in [-0.1, -0.05) is 30.3 Å². The Morgan fingerprint density at radius 3 is 2.81 bits per heavy atom. The van der Waals surface area contributed by atoms with E-state index in [1.165, 1.54) is 18.5 Å². The summed E-state index contributed by atoms with van der Waals surface area (Å²) in [6, 6.07) is 19.1. The van der Waals surface area contributed by atoms with E-state index in [-0.39, 0.29) is 17.9 Å². The van der Waals surface area contributed by atoms with E-state index in [2.05, 4.69) is 4.98 Å². The van der Waals surface area contributed by atoms with E-state index >= 15 is 0 Å². The van der Waals surface area contributed by atoms with Gasteiger partial charge in [0.15, 0.2) is 18.1 Å². The molecule has 1 heterocycles. The molecule has 0 spiro atoms. The maximum absolute atomic E-state index is 11.8. The first-order valence-electron chi connectivity index (χ1n) is 9.47. The Labute approximate surface area is 178 Å². The zero-order valence-electron chi connectivity index (χ0n) is 16.6. The van der Waals surface area contributed by atoms with Crippen LogP contribution in [0.25, 0.3) is 11.1 Å². The molecular weight excluding hydrogens is 396 g/mol. The van der Waals surface area contributed by atoms with Crippen molar-refractivity contribution in [3.8, 4) is 17.6 Å². The van der Waals surface area contributed by atoms with Crippen LogP contribution in [0.3, 0.4) is 0 Å². The molecule has 0 aliphatic rings. The number of nitrogens with zero attached hydrogens (tertiary/aromatic N) is 2. The molecular formula is C24H17N2O5-. The highest BCUT2D eigenvalue weighted by Gasteiger charge is 2.19. The zero-order chi connectivity index (χ0) is 21.8. The minimum Gasteiger partial charge on any atom is -0.546 e. The topological polar surface area (TPSA) is 108 Å². The molecule has 0 aliphatic heterocycles. The largest absolute Gasteiger partial charge is 0.546 e. The molecule has 1 unspecified atom stereocenters. The first-order chi connectivity index (χ1) is 15.0. The Morgan fingerprint density at radius 1 is 1.19 bits per heavy atom. The van der Waals surface area contributed by atoms with Gasteiger partial charge in [-0.3, -0.25) is 0 Å². The number of nitriles is 1. The summed E-state index contributed by atoms with van der Waals surface area (Å²) < 4.78 is 16.8. The molecule has 0 saturated carbocycles. The van der Waals surface area contributed by atoms with Crippen molar-refractivity contribution in [3.63, 3.8) is 0 Å². The van der Waals surface area contributed by atoms with E-state index in [0.29, 0.717) is 16.9 Å². The maximum Gasteiger partial charge on any atom is 0.181 e. The van der Waals surface area contributed by atoms with Crippen LogP contribution in [0.15, 0.2) is 71.5 Å². The lowest BCUT2D eigenvalue weighted by Crippen LogP contribution is -2.33. The van der Waals surface area contributed by atoms with Crippen LogP contribution in [-0.2, 0) is 11.4 Å². The van der Waals surface area contributed by atoms with E-state index in [0.717, 1.165) is 16.6 Å². The SMILES string of the molecule is Cc1ccccc1C(Oc1cc(OCc2ccc3ocnc3c2)ccc1C#N)C(=O)[O-]. The summed E-state index contributed by atoms with van der Waals surface area (Å²) in [5.74, 6) is -0.869. The third kappa shape index (κ3) is 4.33. The summed E-state index contributed by atoms with van der Waals surface area (Å²) in [7, 11) is 0. The molecule has 0 aliphatic carbocycles. The third-order valence-electron chi connectivity index (χ3n) is 4.80. The van der Waals surface area contributed by atoms with Crippen molar-refractivity contribution < 1.29 is 23.8 Å². The van der Waals surface area contributed by atoms with Crippen LogP contribution in [0.1, 0.15) is 28.4 Å². The van der Waals surface area contributed by atoms with Crippen LogP contribution in [0.5, 0.6) is 11.5 Å². The van der Waals surface area contributed by atoms with E-state index in [1.54, 1.807) is 43.3 Å². The van der Waals surface area contributed by atoms with Gasteiger partial charge in [0, 0.05) is 11.6 Å². The first-order valence-corrected chi connectivity index (χ1v) is 9.47. The number of aryl methyl sites for hydroxylation is 1. The summed E-state index contributed by atoms with van der Waals surface area (Å²) in [5.41, 5.74) is 3.67. The minimum absolute atomic E-state index is 0.101. The summed E-state index contributed by atoms with van der Waals surface area (Å²) >= 11 is 0. The van der Waals surface area contributed by atoms with Crippen molar-refractivity contribution in [2.24, 2.45) is 0 Å². The molecule has 0 bridgehead atoms. The van der Waals surface area contributed by atoms with Crippen LogP contribution in [0.2, 0.25) is 0 Å². The predicted molar refractivity (Wildman–Crippen MR) is 109 cm³/mol. The molecule has 4 aromatic rings. The second-order valence-electron chi connectivity index (χ2n) is 6.89. The van der Waals surface area contributed by atoms with Crippen molar-refractivity contribution in [1.29, 1.82) is 5.26 Å². The number of fused-ring (bicyclic) bond motifs is 1. The fraction of sp³-hybridized carbons (Fsp3) is 0.125. The van der Waals surface area contributed by atoms with Gasteiger partial charge < -0.3 is 23.8 Å². The van der Waals surface area contributed by atoms with Crippen molar-refractivity contribution in [1.82, 2.24) is 4.98 Å². The number of aliphatic carboxylic acids is 1. The summed E-state index contributed by atoms with van der Waals surface area (Å²) in [6.07, 6.45) is 0.0138. The van der Waals surface area contributed by atoms with Crippen molar-refractivity contribution >= 4 is 17.1 Å². The Morgan fingerprint density at radius 2 is 2.03 bits per heavy atom. The van der Waals surface area contributed by atoms with Crippen LogP contribution in [0.4, 0.5) is 0 Å². The number of oxazole rings is 1. The van der Waals surface area contributed by atoms with Gasteiger partial charge in [0.05, 0.1) is 11.5 Å². The number of ether oxygens (including phenoxy) is 2. The Hall–Kier alpha value is -4.31. The number of carboxylic acids is 1. The quantitative estimate of drug-likeness (QED) is 0.456. The van der Waals surface area contributed by atoms with Gasteiger partial charge in [0.1, 0.15) is 29.7 Å². The average molecular weight is 413 g/mol. The average Bonchev–Trinajstić information content (AvgIpc) is 3.24. The van der Waals surface area contributed by atoms with Gasteiger partial charge in [-0.25, -0.2) is 4.98 Å². The van der Waals surface area contributed by atoms with Crippen molar-refractivity contribution in [3.05, 3.63) is 89.3 Å². The summed E-state index contributed by atoms with van der Waals surface area (Å²) in [5, 5.41) is 21.2. The molecule has 3 aromatic carbocycles. The maximum atomic E-state index is 11.8. The highest BCUT2D eigenvalue weighted by atomic mass is 16.5. The summed E-state index contributed by atoms with van der Waals surface area (Å²) in [6.45, 7) is 2.03. The van der Waals surface area contributed by atoms with Gasteiger partial charge in [-0.15, -0.1) is 0 Å². The number of benzene rings is 3. The molecule has 0 radical (unpaired) electrons. The molecule has 0 fully saturated rings. The summed E-state index contributed by atoms with van der Waals surface area (Å²) in [4.78, 5) is 15.9.